The maximum atomic E-state index is 11.2. The van der Waals surface area contributed by atoms with E-state index in [4.69, 9.17) is 17.4 Å². The summed E-state index contributed by atoms with van der Waals surface area (Å²) in [5.74, 6) is 4.40. The highest BCUT2D eigenvalue weighted by Gasteiger charge is 2.19. The molecule has 0 aliphatic carbocycles. The Morgan fingerprint density at radius 3 is 2.69 bits per heavy atom. The van der Waals surface area contributed by atoms with Crippen molar-refractivity contribution in [2.45, 2.75) is 5.25 Å². The fraction of sp³-hybridized carbons (Fsp3) is 0.125. The number of hydrogen-bond donors (Lipinski definition) is 3. The number of rotatable bonds is 3. The molecule has 6 nitrogen and oxygen atoms in total. The maximum Gasteiger partial charge on any atom is 0.270 e. The number of nitrogens with two attached hydrogens (primary N) is 1. The van der Waals surface area contributed by atoms with Crippen LogP contribution in [0.3, 0.4) is 0 Å². The average molecular weight is 262 g/mol. The summed E-state index contributed by atoms with van der Waals surface area (Å²) >= 11 is 9.80. The monoisotopic (exact) mass is 261 g/mol. The fourth-order valence-corrected chi connectivity index (χ4v) is 1.73. The molecular weight excluding hydrogens is 254 g/mol. The molecular formula is C8H8ClN3O3S. The number of nitrogens with one attached hydrogen (secondary N) is 1. The van der Waals surface area contributed by atoms with Crippen LogP contribution in [-0.4, -0.2) is 10.8 Å². The summed E-state index contributed by atoms with van der Waals surface area (Å²) < 4.78 is 0. The van der Waals surface area contributed by atoms with Gasteiger partial charge in [-0.1, -0.05) is 11.6 Å². The third-order valence-corrected chi connectivity index (χ3v) is 2.72. The first-order valence-electron chi connectivity index (χ1n) is 4.09. The highest BCUT2D eigenvalue weighted by Crippen LogP contribution is 2.30. The van der Waals surface area contributed by atoms with E-state index < -0.39 is 16.1 Å². The molecule has 0 aromatic heterocycles. The van der Waals surface area contributed by atoms with Gasteiger partial charge < -0.3 is 0 Å². The number of carbonyl (C=O) groups is 1. The summed E-state index contributed by atoms with van der Waals surface area (Å²) in [5.41, 5.74) is 2.13. The second-order valence-corrected chi connectivity index (χ2v) is 3.80. The van der Waals surface area contributed by atoms with Crippen LogP contribution >= 0.6 is 24.2 Å². The first-order valence-corrected chi connectivity index (χ1v) is 4.99. The molecule has 0 saturated carbocycles. The Balaban J connectivity index is 3.08. The van der Waals surface area contributed by atoms with Crippen LogP contribution in [0.1, 0.15) is 10.8 Å². The lowest BCUT2D eigenvalue weighted by molar-refractivity contribution is -0.384. The maximum absolute atomic E-state index is 11.2. The van der Waals surface area contributed by atoms with E-state index in [1.165, 1.54) is 12.1 Å². The largest absolute Gasteiger partial charge is 0.293 e. The minimum atomic E-state index is -0.863. The zero-order chi connectivity index (χ0) is 12.3. The van der Waals surface area contributed by atoms with Crippen LogP contribution in [-0.2, 0) is 4.79 Å². The molecule has 0 aliphatic heterocycles. The summed E-state index contributed by atoms with van der Waals surface area (Å²) in [4.78, 5) is 21.1. The van der Waals surface area contributed by atoms with Crippen LogP contribution in [0.5, 0.6) is 0 Å². The molecule has 0 bridgehead atoms. The van der Waals surface area contributed by atoms with E-state index in [-0.39, 0.29) is 10.7 Å². The topological polar surface area (TPSA) is 98.3 Å². The molecule has 0 fully saturated rings. The van der Waals surface area contributed by atoms with Gasteiger partial charge in [0.05, 0.1) is 9.95 Å². The molecule has 0 saturated heterocycles. The normalized spacial score (nSPS) is 11.9. The molecule has 0 spiro atoms. The number of amides is 1. The fourth-order valence-electron chi connectivity index (χ4n) is 1.07. The number of nitro groups is 1. The van der Waals surface area contributed by atoms with Crippen molar-refractivity contribution in [3.05, 3.63) is 38.9 Å². The first-order chi connectivity index (χ1) is 7.47. The molecule has 0 aliphatic rings. The molecule has 1 amide bonds. The number of hydrazine groups is 1. The van der Waals surface area contributed by atoms with Crippen LogP contribution in [0.4, 0.5) is 5.69 Å². The van der Waals surface area contributed by atoms with E-state index in [0.29, 0.717) is 5.56 Å². The van der Waals surface area contributed by atoms with Crippen LogP contribution in [0.15, 0.2) is 18.2 Å². The minimum absolute atomic E-state index is 0.0952. The minimum Gasteiger partial charge on any atom is -0.293 e. The summed E-state index contributed by atoms with van der Waals surface area (Å²) in [6.07, 6.45) is 0. The average Bonchev–Trinajstić information content (AvgIpc) is 2.26. The molecule has 0 radical (unpaired) electrons. The van der Waals surface area contributed by atoms with E-state index in [1.54, 1.807) is 0 Å². The Kier molecular flexibility index (Phi) is 4.11. The zero-order valence-electron chi connectivity index (χ0n) is 7.88. The highest BCUT2D eigenvalue weighted by molar-refractivity contribution is 7.81. The number of nitro benzene ring substituents is 1. The quantitative estimate of drug-likeness (QED) is 0.250. The first kappa shape index (κ1) is 12.8. The number of carbonyl (C=O) groups excluding carboxylic acids is 1. The lowest BCUT2D eigenvalue weighted by Gasteiger charge is -2.10. The summed E-state index contributed by atoms with van der Waals surface area (Å²) in [5, 5.41) is 9.69. The van der Waals surface area contributed by atoms with Gasteiger partial charge >= 0.3 is 0 Å². The second-order valence-electron chi connectivity index (χ2n) is 2.87. The summed E-state index contributed by atoms with van der Waals surface area (Å²) in [6.45, 7) is 0. The summed E-state index contributed by atoms with van der Waals surface area (Å²) in [7, 11) is 0. The molecule has 16 heavy (non-hydrogen) atoms. The number of nitrogens with zero attached hydrogens (tertiary/aromatic N) is 1. The molecule has 1 aromatic rings. The molecule has 3 N–H and O–H groups in total. The lowest BCUT2D eigenvalue weighted by atomic mass is 10.1. The Labute approximate surface area is 101 Å². The zero-order valence-corrected chi connectivity index (χ0v) is 9.53. The van der Waals surface area contributed by atoms with Crippen molar-refractivity contribution < 1.29 is 9.72 Å². The van der Waals surface area contributed by atoms with Gasteiger partial charge in [0, 0.05) is 12.1 Å². The third kappa shape index (κ3) is 2.63. The highest BCUT2D eigenvalue weighted by atomic mass is 35.5. The van der Waals surface area contributed by atoms with E-state index in [0.717, 1.165) is 6.07 Å². The van der Waals surface area contributed by atoms with E-state index in [9.17, 15) is 14.9 Å². The van der Waals surface area contributed by atoms with Crippen molar-refractivity contribution in [3.63, 3.8) is 0 Å². The van der Waals surface area contributed by atoms with Crippen molar-refractivity contribution in [2.75, 3.05) is 0 Å². The number of hydrogen-bond acceptors (Lipinski definition) is 5. The summed E-state index contributed by atoms with van der Waals surface area (Å²) in [6, 6.07) is 3.77. The molecule has 1 unspecified atom stereocenters. The lowest BCUT2D eigenvalue weighted by Crippen LogP contribution is -2.33. The predicted octanol–water partition coefficient (Wildman–Crippen LogP) is 1.21. The van der Waals surface area contributed by atoms with Gasteiger partial charge in [-0.25, -0.2) is 5.84 Å². The van der Waals surface area contributed by atoms with Gasteiger partial charge in [-0.05, 0) is 11.6 Å². The van der Waals surface area contributed by atoms with Gasteiger partial charge in [0.15, 0.2) is 0 Å². The van der Waals surface area contributed by atoms with Crippen molar-refractivity contribution >= 4 is 35.8 Å². The molecule has 8 heteroatoms. The van der Waals surface area contributed by atoms with E-state index in [2.05, 4.69) is 12.6 Å². The van der Waals surface area contributed by atoms with Gasteiger partial charge in [-0.2, -0.15) is 12.6 Å². The molecule has 1 atom stereocenters. The third-order valence-electron chi connectivity index (χ3n) is 1.88. The van der Waals surface area contributed by atoms with Crippen molar-refractivity contribution in [3.8, 4) is 0 Å². The van der Waals surface area contributed by atoms with E-state index in [1.807, 2.05) is 5.43 Å². The molecule has 1 aromatic carbocycles. The Bertz CT molecular complexity index is 441. The van der Waals surface area contributed by atoms with Crippen molar-refractivity contribution in [1.82, 2.24) is 5.43 Å². The Morgan fingerprint density at radius 2 is 2.25 bits per heavy atom. The van der Waals surface area contributed by atoms with E-state index >= 15 is 0 Å². The van der Waals surface area contributed by atoms with Gasteiger partial charge in [-0.3, -0.25) is 20.3 Å². The Morgan fingerprint density at radius 1 is 1.62 bits per heavy atom. The smallest absolute Gasteiger partial charge is 0.270 e. The number of non-ortho nitro benzene ring substituents is 1. The number of benzene rings is 1. The second kappa shape index (κ2) is 5.15. The van der Waals surface area contributed by atoms with Gasteiger partial charge in [0.25, 0.3) is 11.6 Å². The van der Waals surface area contributed by atoms with Crippen LogP contribution in [0.25, 0.3) is 0 Å². The SMILES string of the molecule is NNC(=O)C(S)c1ccc([N+](=O)[O-])cc1Cl. The predicted molar refractivity (Wildman–Crippen MR) is 62.2 cm³/mol. The standard InChI is InChI=1S/C8H8ClN3O3S/c9-6-3-4(12(14)15)1-2-5(6)7(16)8(13)11-10/h1-3,7,16H,10H2,(H,11,13). The number of thiol groups is 1. The van der Waals surface area contributed by atoms with Crippen molar-refractivity contribution in [2.24, 2.45) is 5.84 Å². The van der Waals surface area contributed by atoms with Crippen molar-refractivity contribution in [1.29, 1.82) is 0 Å². The molecule has 1 rings (SSSR count). The molecule has 86 valence electrons. The van der Waals surface area contributed by atoms with Gasteiger partial charge in [0.2, 0.25) is 0 Å². The van der Waals surface area contributed by atoms with Crippen LogP contribution in [0.2, 0.25) is 5.02 Å². The van der Waals surface area contributed by atoms with Gasteiger partial charge in [-0.15, -0.1) is 0 Å². The van der Waals surface area contributed by atoms with Crippen LogP contribution in [0, 0.1) is 10.1 Å². The number of halogens is 1. The Hall–Kier alpha value is -1.31. The van der Waals surface area contributed by atoms with Gasteiger partial charge in [0.1, 0.15) is 5.25 Å². The van der Waals surface area contributed by atoms with Crippen LogP contribution < -0.4 is 11.3 Å². The molecule has 0 heterocycles.